The van der Waals surface area contributed by atoms with Crippen molar-refractivity contribution in [2.45, 2.75) is 11.3 Å². The van der Waals surface area contributed by atoms with Gasteiger partial charge in [0, 0.05) is 32.0 Å². The van der Waals surface area contributed by atoms with Crippen LogP contribution in [0.3, 0.4) is 0 Å². The largest absolute Gasteiger partial charge is 0.375 e. The summed E-state index contributed by atoms with van der Waals surface area (Å²) < 4.78 is 27.4. The van der Waals surface area contributed by atoms with E-state index >= 15 is 0 Å². The highest BCUT2D eigenvalue weighted by atomic mass is 79.9. The van der Waals surface area contributed by atoms with Crippen LogP contribution in [-0.4, -0.2) is 33.5 Å². The van der Waals surface area contributed by atoms with Crippen LogP contribution in [0.25, 0.3) is 0 Å². The fraction of sp³-hybridized carbons (Fsp3) is 0.267. The van der Waals surface area contributed by atoms with Crippen molar-refractivity contribution in [1.29, 1.82) is 0 Å². The topological polar surface area (TPSA) is 62.3 Å². The van der Waals surface area contributed by atoms with Gasteiger partial charge < -0.3 is 4.90 Å². The maximum Gasteiger partial charge on any atom is 0.242 e. The van der Waals surface area contributed by atoms with Crippen molar-refractivity contribution in [3.63, 3.8) is 0 Å². The normalized spacial score (nSPS) is 11.4. The number of para-hydroxylation sites is 1. The lowest BCUT2D eigenvalue weighted by molar-refractivity contribution is 0.578. The summed E-state index contributed by atoms with van der Waals surface area (Å²) in [6.07, 6.45) is 1.93. The molecule has 0 radical (unpaired) electrons. The molecule has 23 heavy (non-hydrogen) atoms. The average Bonchev–Trinajstić information content (AvgIpc) is 2.54. The van der Waals surface area contributed by atoms with E-state index in [1.54, 1.807) is 0 Å². The molecule has 0 aliphatic rings. The van der Waals surface area contributed by atoms with Gasteiger partial charge in [0.25, 0.3) is 0 Å². The monoisotopic (exact) mass is 417 g/mol. The lowest BCUT2D eigenvalue weighted by Gasteiger charge is -2.19. The zero-order valence-electron chi connectivity index (χ0n) is 12.5. The van der Waals surface area contributed by atoms with E-state index < -0.39 is 10.0 Å². The van der Waals surface area contributed by atoms with Gasteiger partial charge in [0.05, 0.1) is 4.47 Å². The molecule has 124 valence electrons. The van der Waals surface area contributed by atoms with E-state index in [0.29, 0.717) is 17.4 Å². The fourth-order valence-electron chi connectivity index (χ4n) is 1.97. The second kappa shape index (κ2) is 8.10. The Labute approximate surface area is 149 Å². The van der Waals surface area contributed by atoms with Crippen molar-refractivity contribution in [3.05, 3.63) is 52.2 Å². The molecule has 8 heteroatoms. The van der Waals surface area contributed by atoms with E-state index in [2.05, 4.69) is 30.5 Å². The fourth-order valence-corrected chi connectivity index (χ4v) is 3.62. The Balaban J connectivity index is 1.86. The van der Waals surface area contributed by atoms with Crippen molar-refractivity contribution >= 4 is 43.2 Å². The first kappa shape index (κ1) is 18.2. The van der Waals surface area contributed by atoms with Crippen molar-refractivity contribution in [2.75, 3.05) is 25.0 Å². The lowest BCUT2D eigenvalue weighted by Crippen LogP contribution is -2.28. The molecule has 0 amide bonds. The Morgan fingerprint density at radius 2 is 2.00 bits per heavy atom. The van der Waals surface area contributed by atoms with E-state index in [0.717, 1.165) is 12.2 Å². The van der Waals surface area contributed by atoms with Crippen molar-refractivity contribution < 1.29 is 8.42 Å². The number of aromatic nitrogens is 1. The Hall–Kier alpha value is -1.15. The second-order valence-electron chi connectivity index (χ2n) is 4.95. The van der Waals surface area contributed by atoms with Crippen molar-refractivity contribution in [3.8, 4) is 0 Å². The highest BCUT2D eigenvalue weighted by molar-refractivity contribution is 9.10. The number of nitrogens with one attached hydrogen (secondary N) is 1. The van der Waals surface area contributed by atoms with Crippen LogP contribution in [0.5, 0.6) is 0 Å². The average molecular weight is 419 g/mol. The van der Waals surface area contributed by atoms with Crippen LogP contribution in [-0.2, 0) is 10.0 Å². The molecule has 0 spiro atoms. The van der Waals surface area contributed by atoms with Crippen LogP contribution in [0.1, 0.15) is 6.42 Å². The summed E-state index contributed by atoms with van der Waals surface area (Å²) >= 11 is 8.94. The Morgan fingerprint density at radius 1 is 1.30 bits per heavy atom. The third kappa shape index (κ3) is 5.17. The van der Waals surface area contributed by atoms with Crippen LogP contribution < -0.4 is 9.62 Å². The van der Waals surface area contributed by atoms with Gasteiger partial charge in [-0.05, 0) is 40.5 Å². The zero-order chi connectivity index (χ0) is 16.9. The molecule has 0 bridgehead atoms. The standard InChI is InChI=1S/C15H17BrClN3O2S/c1-20(12-6-3-2-4-7-12)9-5-8-19-23(21,22)13-10-14(16)15(17)18-11-13/h2-4,6-7,10-11,19H,5,8-9H2,1H3. The Bertz CT molecular complexity index is 757. The van der Waals surface area contributed by atoms with Crippen LogP contribution >= 0.6 is 27.5 Å². The van der Waals surface area contributed by atoms with Gasteiger partial charge in [0.15, 0.2) is 0 Å². The summed E-state index contributed by atoms with van der Waals surface area (Å²) in [6, 6.07) is 11.4. The number of benzene rings is 1. The number of pyridine rings is 1. The van der Waals surface area contributed by atoms with Gasteiger partial charge in [-0.25, -0.2) is 18.1 Å². The molecule has 0 unspecified atom stereocenters. The van der Waals surface area contributed by atoms with E-state index in [9.17, 15) is 8.42 Å². The van der Waals surface area contributed by atoms with E-state index in [-0.39, 0.29) is 10.0 Å². The third-order valence-electron chi connectivity index (χ3n) is 3.24. The van der Waals surface area contributed by atoms with Gasteiger partial charge in [0.1, 0.15) is 10.0 Å². The van der Waals surface area contributed by atoms with Gasteiger partial charge in [-0.1, -0.05) is 29.8 Å². The first-order valence-electron chi connectivity index (χ1n) is 6.97. The molecular formula is C15H17BrClN3O2S. The molecule has 0 aliphatic carbocycles. The third-order valence-corrected chi connectivity index (χ3v) is 5.80. The first-order valence-corrected chi connectivity index (χ1v) is 9.62. The quantitative estimate of drug-likeness (QED) is 0.553. The summed E-state index contributed by atoms with van der Waals surface area (Å²) in [5, 5.41) is 0.230. The molecule has 0 aliphatic heterocycles. The molecule has 0 atom stereocenters. The molecule has 1 heterocycles. The Kier molecular flexibility index (Phi) is 6.41. The molecule has 1 aromatic carbocycles. The number of hydrogen-bond donors (Lipinski definition) is 1. The lowest BCUT2D eigenvalue weighted by atomic mass is 10.3. The number of halogens is 2. The van der Waals surface area contributed by atoms with Gasteiger partial charge in [-0.2, -0.15) is 0 Å². The Morgan fingerprint density at radius 3 is 2.65 bits per heavy atom. The summed E-state index contributed by atoms with van der Waals surface area (Å²) in [6.45, 7) is 1.09. The SMILES string of the molecule is CN(CCCNS(=O)(=O)c1cnc(Cl)c(Br)c1)c1ccccc1. The summed E-state index contributed by atoms with van der Waals surface area (Å²) in [4.78, 5) is 6.00. The highest BCUT2D eigenvalue weighted by Gasteiger charge is 2.15. The molecule has 0 saturated heterocycles. The molecule has 1 N–H and O–H groups in total. The van der Waals surface area contributed by atoms with Crippen LogP contribution in [0, 0.1) is 0 Å². The van der Waals surface area contributed by atoms with Crippen LogP contribution in [0.15, 0.2) is 52.0 Å². The number of anilines is 1. The number of rotatable bonds is 7. The highest BCUT2D eigenvalue weighted by Crippen LogP contribution is 2.22. The minimum atomic E-state index is -3.58. The van der Waals surface area contributed by atoms with E-state index in [4.69, 9.17) is 11.6 Å². The number of sulfonamides is 1. The van der Waals surface area contributed by atoms with Gasteiger partial charge in [0.2, 0.25) is 10.0 Å². The van der Waals surface area contributed by atoms with Crippen LogP contribution in [0.2, 0.25) is 5.15 Å². The van der Waals surface area contributed by atoms with Crippen molar-refractivity contribution in [2.24, 2.45) is 0 Å². The predicted molar refractivity (Wildman–Crippen MR) is 96.5 cm³/mol. The predicted octanol–water partition coefficient (Wildman–Crippen LogP) is 3.30. The second-order valence-corrected chi connectivity index (χ2v) is 7.93. The smallest absolute Gasteiger partial charge is 0.242 e. The molecule has 2 aromatic rings. The van der Waals surface area contributed by atoms with E-state index in [1.807, 2.05) is 37.4 Å². The zero-order valence-corrected chi connectivity index (χ0v) is 15.7. The summed E-state index contributed by atoms with van der Waals surface area (Å²) in [5.41, 5.74) is 1.10. The minimum absolute atomic E-state index is 0.0881. The molecule has 2 rings (SSSR count). The summed E-state index contributed by atoms with van der Waals surface area (Å²) in [7, 11) is -1.61. The first-order chi connectivity index (χ1) is 10.9. The van der Waals surface area contributed by atoms with Crippen molar-refractivity contribution in [1.82, 2.24) is 9.71 Å². The van der Waals surface area contributed by atoms with Gasteiger partial charge in [-0.15, -0.1) is 0 Å². The molecule has 1 aromatic heterocycles. The van der Waals surface area contributed by atoms with E-state index in [1.165, 1.54) is 12.3 Å². The van der Waals surface area contributed by atoms with Gasteiger partial charge in [-0.3, -0.25) is 0 Å². The maximum absolute atomic E-state index is 12.2. The molecule has 5 nitrogen and oxygen atoms in total. The number of hydrogen-bond acceptors (Lipinski definition) is 4. The number of nitrogens with zero attached hydrogens (tertiary/aromatic N) is 2. The van der Waals surface area contributed by atoms with Crippen LogP contribution in [0.4, 0.5) is 5.69 Å². The molecular weight excluding hydrogens is 402 g/mol. The molecule has 0 saturated carbocycles. The summed E-state index contributed by atoms with van der Waals surface area (Å²) in [5.74, 6) is 0. The minimum Gasteiger partial charge on any atom is -0.375 e. The maximum atomic E-state index is 12.2. The molecule has 0 fully saturated rings. The van der Waals surface area contributed by atoms with Gasteiger partial charge >= 0.3 is 0 Å².